The molecule has 1 unspecified atom stereocenters. The zero-order valence-corrected chi connectivity index (χ0v) is 19.5. The molecule has 3 aromatic rings. The summed E-state index contributed by atoms with van der Waals surface area (Å²) in [4.78, 5) is 20.2. The van der Waals surface area contributed by atoms with Crippen molar-refractivity contribution in [1.29, 1.82) is 0 Å². The zero-order valence-electron chi connectivity index (χ0n) is 17.9. The van der Waals surface area contributed by atoms with Gasteiger partial charge in [0.25, 0.3) is 0 Å². The summed E-state index contributed by atoms with van der Waals surface area (Å²) in [5.74, 6) is 0.531. The first-order valence-electron chi connectivity index (χ1n) is 10.7. The van der Waals surface area contributed by atoms with Gasteiger partial charge < -0.3 is 14.4 Å². The highest BCUT2D eigenvalue weighted by Gasteiger charge is 2.44. The molecule has 2 aliphatic rings. The molecule has 0 radical (unpaired) electrons. The number of fused-ring (bicyclic) bond motifs is 1. The van der Waals surface area contributed by atoms with Gasteiger partial charge in [-0.15, -0.1) is 10.2 Å². The number of halogens is 2. The van der Waals surface area contributed by atoms with Crippen LogP contribution in [0, 0.1) is 0 Å². The lowest BCUT2D eigenvalue weighted by Gasteiger charge is -2.45. The van der Waals surface area contributed by atoms with Gasteiger partial charge in [-0.25, -0.2) is 14.2 Å². The second-order valence-electron chi connectivity index (χ2n) is 8.05. The number of benzene rings is 1. The molecule has 1 atom stereocenters. The van der Waals surface area contributed by atoms with Crippen LogP contribution in [0.2, 0.25) is 5.02 Å². The van der Waals surface area contributed by atoms with E-state index in [9.17, 15) is 9.18 Å². The average Bonchev–Trinajstić information content (AvgIpc) is 3.44. The van der Waals surface area contributed by atoms with E-state index in [-0.39, 0.29) is 6.54 Å². The van der Waals surface area contributed by atoms with E-state index in [1.54, 1.807) is 31.3 Å². The van der Waals surface area contributed by atoms with E-state index in [2.05, 4.69) is 25.3 Å². The molecule has 0 aliphatic carbocycles. The highest BCUT2D eigenvalue weighted by molar-refractivity contribution is 7.18. The molecule has 0 amide bonds. The quantitative estimate of drug-likeness (QED) is 0.496. The molecule has 1 saturated heterocycles. The van der Waals surface area contributed by atoms with E-state index in [0.29, 0.717) is 61.1 Å². The molecule has 1 aromatic carbocycles. The fourth-order valence-corrected chi connectivity index (χ4v) is 5.45. The van der Waals surface area contributed by atoms with Gasteiger partial charge in [0, 0.05) is 37.9 Å². The van der Waals surface area contributed by atoms with E-state index in [1.807, 2.05) is 0 Å². The van der Waals surface area contributed by atoms with Gasteiger partial charge in [-0.05, 0) is 24.3 Å². The third kappa shape index (κ3) is 4.39. The van der Waals surface area contributed by atoms with Gasteiger partial charge >= 0.3 is 5.97 Å². The Balaban J connectivity index is 1.24. The summed E-state index contributed by atoms with van der Waals surface area (Å²) in [6.45, 7) is 3.33. The monoisotopic (exact) mass is 492 g/mol. The Morgan fingerprint density at radius 1 is 1.39 bits per heavy atom. The predicted octanol–water partition coefficient (Wildman–Crippen LogP) is 3.85. The van der Waals surface area contributed by atoms with E-state index in [0.717, 1.165) is 10.0 Å². The number of hydrogen-bond acceptors (Lipinski definition) is 9. The van der Waals surface area contributed by atoms with Crippen LogP contribution in [0.1, 0.15) is 37.9 Å². The number of nitrogens with zero attached hydrogens (tertiary/aromatic N) is 6. The zero-order chi connectivity index (χ0) is 23.0. The van der Waals surface area contributed by atoms with Gasteiger partial charge in [-0.3, -0.25) is 0 Å². The lowest BCUT2D eigenvalue weighted by atomic mass is 9.82. The summed E-state index contributed by atoms with van der Waals surface area (Å²) in [5, 5.41) is 13.4. The maximum Gasteiger partial charge on any atom is 0.329 e. The van der Waals surface area contributed by atoms with Crippen molar-refractivity contribution in [2.75, 3.05) is 24.6 Å². The van der Waals surface area contributed by atoms with Crippen LogP contribution in [-0.4, -0.2) is 56.5 Å². The van der Waals surface area contributed by atoms with Crippen molar-refractivity contribution in [3.05, 3.63) is 35.0 Å². The van der Waals surface area contributed by atoms with Crippen LogP contribution >= 0.6 is 22.9 Å². The van der Waals surface area contributed by atoms with Gasteiger partial charge in [0.1, 0.15) is 17.5 Å². The van der Waals surface area contributed by atoms with Gasteiger partial charge in [0.15, 0.2) is 11.7 Å². The number of esters is 1. The number of tetrazole rings is 1. The van der Waals surface area contributed by atoms with Gasteiger partial charge in [-0.2, -0.15) is 4.80 Å². The van der Waals surface area contributed by atoms with Crippen molar-refractivity contribution in [3.8, 4) is 16.5 Å². The Morgan fingerprint density at radius 2 is 2.21 bits per heavy atom. The fourth-order valence-electron chi connectivity index (χ4n) is 4.27. The Labute approximate surface area is 198 Å². The first-order valence-corrected chi connectivity index (χ1v) is 11.9. The summed E-state index contributed by atoms with van der Waals surface area (Å²) in [5.41, 5.74) is -0.0781. The average molecular weight is 493 g/mol. The Morgan fingerprint density at radius 3 is 3.00 bits per heavy atom. The Kier molecular flexibility index (Phi) is 5.92. The van der Waals surface area contributed by atoms with Crippen molar-refractivity contribution in [3.63, 3.8) is 0 Å². The van der Waals surface area contributed by atoms with Crippen molar-refractivity contribution in [2.45, 2.75) is 44.5 Å². The molecular weight excluding hydrogens is 471 g/mol. The lowest BCUT2D eigenvalue weighted by molar-refractivity contribution is -0.144. The summed E-state index contributed by atoms with van der Waals surface area (Å²) in [6.07, 6.45) is 2.23. The second kappa shape index (κ2) is 8.86. The highest BCUT2D eigenvalue weighted by atomic mass is 35.5. The number of alkyl halides is 1. The normalized spacial score (nSPS) is 19.2. The molecule has 0 N–H and O–H groups in total. The molecule has 2 aliphatic heterocycles. The minimum atomic E-state index is -1.14. The number of thiazole rings is 1. The number of hydrogen-bond donors (Lipinski definition) is 0. The smallest absolute Gasteiger partial charge is 0.329 e. The number of anilines is 1. The number of ether oxygens (including phenoxy) is 2. The lowest BCUT2D eigenvalue weighted by Crippen LogP contribution is -2.50. The molecule has 5 rings (SSSR count). The standard InChI is InChI=1S/C21H22ClFN6O3S/c1-2-31-17(30)12-29-26-19(25-27-29)16-11-24-20(33-16)28-8-6-21(7-9-28)10-14(23)18-13(22)4-3-5-15(18)32-21/h3-5,11,14H,2,6-10,12H2,1H3. The molecular formula is C21H22ClFN6O3S. The van der Waals surface area contributed by atoms with E-state index < -0.39 is 17.7 Å². The molecule has 33 heavy (non-hydrogen) atoms. The summed E-state index contributed by atoms with van der Waals surface area (Å²) in [7, 11) is 0. The first-order chi connectivity index (χ1) is 16.0. The van der Waals surface area contributed by atoms with Crippen LogP contribution in [-0.2, 0) is 16.1 Å². The SMILES string of the molecule is CCOC(=O)Cn1nnc(-c2cnc(N3CCC4(CC3)CC(F)c3c(Cl)cccc3O4)s2)n1. The molecule has 0 saturated carbocycles. The summed E-state index contributed by atoms with van der Waals surface area (Å²) in [6, 6.07) is 5.27. The maximum atomic E-state index is 15.0. The summed E-state index contributed by atoms with van der Waals surface area (Å²) >= 11 is 7.64. The molecule has 0 bridgehead atoms. The minimum absolute atomic E-state index is 0.0926. The van der Waals surface area contributed by atoms with Crippen molar-refractivity contribution in [2.24, 2.45) is 0 Å². The van der Waals surface area contributed by atoms with Crippen LogP contribution in [0.3, 0.4) is 0 Å². The molecule has 2 aromatic heterocycles. The van der Waals surface area contributed by atoms with Crippen molar-refractivity contribution in [1.82, 2.24) is 25.2 Å². The molecule has 1 fully saturated rings. The Bertz CT molecular complexity index is 1160. The Hall–Kier alpha value is -2.79. The van der Waals surface area contributed by atoms with Crippen LogP contribution in [0.5, 0.6) is 5.75 Å². The topological polar surface area (TPSA) is 95.3 Å². The highest BCUT2D eigenvalue weighted by Crippen LogP contribution is 2.48. The number of aromatic nitrogens is 5. The molecule has 9 nitrogen and oxygen atoms in total. The first kappa shape index (κ1) is 22.0. The third-order valence-electron chi connectivity index (χ3n) is 5.89. The van der Waals surface area contributed by atoms with Gasteiger partial charge in [-0.1, -0.05) is 29.0 Å². The van der Waals surface area contributed by atoms with Crippen LogP contribution in [0.25, 0.3) is 10.7 Å². The number of rotatable bonds is 5. The van der Waals surface area contributed by atoms with E-state index in [1.165, 1.54) is 16.1 Å². The maximum absolute atomic E-state index is 15.0. The van der Waals surface area contributed by atoms with E-state index in [4.69, 9.17) is 21.1 Å². The number of carbonyl (C=O) groups is 1. The molecule has 1 spiro atoms. The molecule has 174 valence electrons. The fraction of sp³-hybridized carbons (Fsp3) is 0.476. The second-order valence-corrected chi connectivity index (χ2v) is 9.47. The minimum Gasteiger partial charge on any atom is -0.487 e. The predicted molar refractivity (Wildman–Crippen MR) is 120 cm³/mol. The van der Waals surface area contributed by atoms with Crippen LogP contribution in [0.15, 0.2) is 24.4 Å². The van der Waals surface area contributed by atoms with Gasteiger partial charge in [0.2, 0.25) is 5.82 Å². The van der Waals surface area contributed by atoms with Crippen LogP contribution < -0.4 is 9.64 Å². The summed E-state index contributed by atoms with van der Waals surface area (Å²) < 4.78 is 26.1. The van der Waals surface area contributed by atoms with Crippen molar-refractivity contribution >= 4 is 34.0 Å². The largest absolute Gasteiger partial charge is 0.487 e. The molecule has 4 heterocycles. The third-order valence-corrected chi connectivity index (χ3v) is 7.28. The molecule has 12 heteroatoms. The number of piperidine rings is 1. The number of carbonyl (C=O) groups excluding carboxylic acids is 1. The van der Waals surface area contributed by atoms with Crippen molar-refractivity contribution < 1.29 is 18.7 Å². The van der Waals surface area contributed by atoms with E-state index >= 15 is 0 Å². The van der Waals surface area contributed by atoms with Crippen LogP contribution in [0.4, 0.5) is 9.52 Å². The van der Waals surface area contributed by atoms with Gasteiger partial charge in [0.05, 0.1) is 22.7 Å².